The highest BCUT2D eigenvalue weighted by Gasteiger charge is 2.34. The summed E-state index contributed by atoms with van der Waals surface area (Å²) in [4.78, 5) is 7.61. The third-order valence-corrected chi connectivity index (χ3v) is 6.84. The first-order chi connectivity index (χ1) is 16.0. The number of nitrogens with zero attached hydrogens (tertiary/aromatic N) is 3. The quantitative estimate of drug-likeness (QED) is 0.351. The molecule has 2 aromatic heterocycles. The van der Waals surface area contributed by atoms with Gasteiger partial charge in [-0.25, -0.2) is 4.39 Å². The minimum Gasteiger partial charge on any atom is -0.351 e. The summed E-state index contributed by atoms with van der Waals surface area (Å²) in [7, 11) is 0. The number of rotatable bonds is 5. The summed E-state index contributed by atoms with van der Waals surface area (Å²) in [6.45, 7) is 4.63. The van der Waals surface area contributed by atoms with Crippen LogP contribution in [0.15, 0.2) is 76.3 Å². The number of thiocarbonyl (C=S) groups is 1. The van der Waals surface area contributed by atoms with Gasteiger partial charge in [-0.1, -0.05) is 53.2 Å². The molecule has 1 atom stereocenters. The second-order valence-corrected chi connectivity index (χ2v) is 9.24. The first-order valence-electron chi connectivity index (χ1n) is 10.5. The minimum absolute atomic E-state index is 0.316. The van der Waals surface area contributed by atoms with Crippen LogP contribution in [-0.4, -0.2) is 20.2 Å². The van der Waals surface area contributed by atoms with Crippen molar-refractivity contribution in [2.45, 2.75) is 26.4 Å². The summed E-state index contributed by atoms with van der Waals surface area (Å²) >= 11 is 7.28. The third-order valence-electron chi connectivity index (χ3n) is 5.64. The largest absolute Gasteiger partial charge is 0.351 e. The normalized spacial score (nSPS) is 16.3. The first-order valence-corrected chi connectivity index (χ1v) is 11.8. The van der Waals surface area contributed by atoms with Gasteiger partial charge in [-0.15, -0.1) is 11.3 Å². The highest BCUT2D eigenvalue weighted by atomic mass is 32.1. The van der Waals surface area contributed by atoms with E-state index in [9.17, 15) is 4.39 Å². The molecule has 1 unspecified atom stereocenters. The Morgan fingerprint density at radius 3 is 2.67 bits per heavy atom. The first kappa shape index (κ1) is 21.5. The molecule has 1 aliphatic heterocycles. The zero-order chi connectivity index (χ0) is 22.9. The molecule has 0 radical (unpaired) electrons. The molecule has 4 aromatic rings. The molecule has 2 aromatic carbocycles. The molecule has 0 bridgehead atoms. The van der Waals surface area contributed by atoms with Gasteiger partial charge in [0.1, 0.15) is 5.82 Å². The van der Waals surface area contributed by atoms with Gasteiger partial charge >= 0.3 is 0 Å². The summed E-state index contributed by atoms with van der Waals surface area (Å²) in [5.74, 6) is 0.592. The third kappa shape index (κ3) is 4.31. The highest BCUT2D eigenvalue weighted by molar-refractivity contribution is 7.80. The van der Waals surface area contributed by atoms with Crippen LogP contribution in [0.3, 0.4) is 0 Å². The number of hydrogen-bond donors (Lipinski definition) is 1. The lowest BCUT2D eigenvalue weighted by atomic mass is 9.94. The van der Waals surface area contributed by atoms with Gasteiger partial charge < -0.3 is 14.7 Å². The van der Waals surface area contributed by atoms with E-state index in [2.05, 4.69) is 46.6 Å². The molecule has 0 saturated heterocycles. The molecule has 0 aliphatic carbocycles. The highest BCUT2D eigenvalue weighted by Crippen LogP contribution is 2.38. The van der Waals surface area contributed by atoms with E-state index in [1.54, 1.807) is 17.4 Å². The average Bonchev–Trinajstić information content (AvgIpc) is 3.50. The predicted molar refractivity (Wildman–Crippen MR) is 132 cm³/mol. The van der Waals surface area contributed by atoms with Crippen molar-refractivity contribution in [1.29, 1.82) is 0 Å². The maximum atomic E-state index is 14.1. The van der Waals surface area contributed by atoms with Crippen LogP contribution in [0.2, 0.25) is 0 Å². The van der Waals surface area contributed by atoms with E-state index < -0.39 is 6.04 Å². The molecular formula is C25H21FN4OS2. The Kier molecular flexibility index (Phi) is 5.78. The molecule has 1 N–H and O–H groups in total. The van der Waals surface area contributed by atoms with Crippen molar-refractivity contribution >= 4 is 34.2 Å². The fraction of sp³-hybridized carbons (Fsp3) is 0.160. The zero-order valence-electron chi connectivity index (χ0n) is 18.1. The monoisotopic (exact) mass is 476 g/mol. The van der Waals surface area contributed by atoms with Crippen molar-refractivity contribution < 1.29 is 8.91 Å². The zero-order valence-corrected chi connectivity index (χ0v) is 19.7. The molecular weight excluding hydrogens is 455 g/mol. The van der Waals surface area contributed by atoms with E-state index in [1.807, 2.05) is 35.4 Å². The van der Waals surface area contributed by atoms with Crippen LogP contribution in [0.25, 0.3) is 16.3 Å². The Morgan fingerprint density at radius 1 is 1.12 bits per heavy atom. The van der Waals surface area contributed by atoms with Crippen molar-refractivity contribution in [3.8, 4) is 10.7 Å². The van der Waals surface area contributed by atoms with Crippen LogP contribution in [0.1, 0.15) is 35.5 Å². The van der Waals surface area contributed by atoms with Crippen molar-refractivity contribution in [2.75, 3.05) is 0 Å². The number of aromatic nitrogens is 2. The van der Waals surface area contributed by atoms with Crippen LogP contribution in [0.4, 0.5) is 4.39 Å². The topological polar surface area (TPSA) is 54.2 Å². The number of aryl methyl sites for hydroxylation is 1. The van der Waals surface area contributed by atoms with Crippen molar-refractivity contribution in [2.24, 2.45) is 0 Å². The van der Waals surface area contributed by atoms with E-state index in [0.717, 1.165) is 27.3 Å². The standard InChI is InChI=1S/C25H21FN4OS2/c1-15-8-10-17(11-9-15)14-30-16(2)21(24-28-23(29-31-24)20-7-4-12-33-20)22(27-25(30)32)18-5-3-6-19(26)13-18/h3-13,22H,14H2,1-2H3,(H,27,32). The SMILES string of the molecule is CC1=C(c2nc(-c3cccs3)no2)C(c2cccc(F)c2)NC(=S)N1Cc1ccc(C)cc1. The Hall–Kier alpha value is -3.36. The molecule has 166 valence electrons. The van der Waals surface area contributed by atoms with Crippen LogP contribution in [0, 0.1) is 12.7 Å². The number of allylic oxidation sites excluding steroid dienone is 1. The van der Waals surface area contributed by atoms with E-state index in [0.29, 0.717) is 23.4 Å². The maximum absolute atomic E-state index is 14.1. The Bertz CT molecular complexity index is 1330. The van der Waals surface area contributed by atoms with Gasteiger partial charge in [-0.05, 0) is 60.8 Å². The van der Waals surface area contributed by atoms with Gasteiger partial charge in [0.2, 0.25) is 5.82 Å². The van der Waals surface area contributed by atoms with Gasteiger partial charge in [0.05, 0.1) is 16.5 Å². The number of hydrogen-bond acceptors (Lipinski definition) is 5. The lowest BCUT2D eigenvalue weighted by Gasteiger charge is -2.37. The summed E-state index contributed by atoms with van der Waals surface area (Å²) in [6.07, 6.45) is 0. The van der Waals surface area contributed by atoms with E-state index >= 15 is 0 Å². The maximum Gasteiger partial charge on any atom is 0.258 e. The Morgan fingerprint density at radius 2 is 1.94 bits per heavy atom. The second kappa shape index (κ2) is 8.88. The van der Waals surface area contributed by atoms with Gasteiger partial charge in [-0.3, -0.25) is 0 Å². The van der Waals surface area contributed by atoms with Crippen molar-refractivity contribution in [3.63, 3.8) is 0 Å². The number of benzene rings is 2. The smallest absolute Gasteiger partial charge is 0.258 e. The lowest BCUT2D eigenvalue weighted by molar-refractivity contribution is 0.396. The minimum atomic E-state index is -0.417. The molecule has 0 fully saturated rings. The van der Waals surface area contributed by atoms with E-state index in [4.69, 9.17) is 16.7 Å². The van der Waals surface area contributed by atoms with Gasteiger partial charge in [0, 0.05) is 12.2 Å². The molecule has 3 heterocycles. The second-order valence-electron chi connectivity index (χ2n) is 7.91. The van der Waals surface area contributed by atoms with Gasteiger partial charge in [0.15, 0.2) is 5.11 Å². The molecule has 0 amide bonds. The van der Waals surface area contributed by atoms with Crippen LogP contribution >= 0.6 is 23.6 Å². The predicted octanol–water partition coefficient (Wildman–Crippen LogP) is 6.11. The summed E-state index contributed by atoms with van der Waals surface area (Å²) < 4.78 is 19.8. The van der Waals surface area contributed by atoms with E-state index in [1.165, 1.54) is 17.7 Å². The van der Waals surface area contributed by atoms with Gasteiger partial charge in [0.25, 0.3) is 5.89 Å². The molecule has 0 spiro atoms. The van der Waals surface area contributed by atoms with E-state index in [-0.39, 0.29) is 5.82 Å². The fourth-order valence-corrected chi connectivity index (χ4v) is 4.87. The number of nitrogens with one attached hydrogen (secondary N) is 1. The summed E-state index contributed by atoms with van der Waals surface area (Å²) in [5, 5.41) is 10.1. The summed E-state index contributed by atoms with van der Waals surface area (Å²) in [6, 6.07) is 18.3. The molecule has 33 heavy (non-hydrogen) atoms. The van der Waals surface area contributed by atoms with Crippen LogP contribution < -0.4 is 5.32 Å². The lowest BCUT2D eigenvalue weighted by Crippen LogP contribution is -2.45. The Labute approximate surface area is 200 Å². The number of thiophene rings is 1. The van der Waals surface area contributed by atoms with Gasteiger partial charge in [-0.2, -0.15) is 4.98 Å². The molecule has 0 saturated carbocycles. The van der Waals surface area contributed by atoms with Crippen LogP contribution in [-0.2, 0) is 6.54 Å². The average molecular weight is 477 g/mol. The van der Waals surface area contributed by atoms with Crippen molar-refractivity contribution in [3.05, 3.63) is 100 Å². The summed E-state index contributed by atoms with van der Waals surface area (Å²) in [5.41, 5.74) is 4.71. The fourth-order valence-electron chi connectivity index (χ4n) is 3.90. The number of halogens is 1. The Balaban J connectivity index is 1.60. The molecule has 8 heteroatoms. The van der Waals surface area contributed by atoms with Crippen molar-refractivity contribution in [1.82, 2.24) is 20.4 Å². The molecule has 1 aliphatic rings. The van der Waals surface area contributed by atoms with Crippen LogP contribution in [0.5, 0.6) is 0 Å². The molecule has 5 nitrogen and oxygen atoms in total. The molecule has 5 rings (SSSR count).